The second-order valence-corrected chi connectivity index (χ2v) is 6.93. The van der Waals surface area contributed by atoms with Gasteiger partial charge in [-0.1, -0.05) is 13.8 Å². The first kappa shape index (κ1) is 14.3. The Bertz CT molecular complexity index is 267. The molecule has 0 amide bonds. The van der Waals surface area contributed by atoms with Gasteiger partial charge in [0.15, 0.2) is 0 Å². The Morgan fingerprint density at radius 3 is 2.50 bits per heavy atom. The molecule has 1 aliphatic carbocycles. The topological polar surface area (TPSA) is 35.5 Å². The first-order chi connectivity index (χ1) is 8.52. The maximum Gasteiger partial charge on any atom is 0.0611 e. The van der Waals surface area contributed by atoms with E-state index in [1.54, 1.807) is 0 Å². The number of nitrogens with zero attached hydrogens (tertiary/aromatic N) is 1. The van der Waals surface area contributed by atoms with E-state index in [-0.39, 0.29) is 12.1 Å². The summed E-state index contributed by atoms with van der Waals surface area (Å²) in [6.45, 7) is 10.7. The number of hydrogen-bond acceptors (Lipinski definition) is 3. The van der Waals surface area contributed by atoms with E-state index in [1.807, 2.05) is 0 Å². The van der Waals surface area contributed by atoms with Crippen molar-refractivity contribution in [2.45, 2.75) is 58.0 Å². The lowest BCUT2D eigenvalue weighted by molar-refractivity contribution is 0.106. The zero-order chi connectivity index (χ0) is 13.2. The molecule has 3 atom stereocenters. The first-order valence-electron chi connectivity index (χ1n) is 7.63. The van der Waals surface area contributed by atoms with Crippen LogP contribution in [0, 0.1) is 11.8 Å². The normalized spacial score (nSPS) is 33.3. The molecule has 1 aliphatic heterocycles. The Labute approximate surface area is 112 Å². The zero-order valence-electron chi connectivity index (χ0n) is 12.3. The number of likely N-dealkylation sites (tertiary alicyclic amines) is 1. The standard InChI is InChI=1S/C15H30N2O/c1-12-6-8-17(10-13(12)2)9-7-15(3,11-18)16-14-4-5-14/h12-14,16,18H,4-11H2,1-3H3. The van der Waals surface area contributed by atoms with Gasteiger partial charge >= 0.3 is 0 Å². The molecule has 0 radical (unpaired) electrons. The highest BCUT2D eigenvalue weighted by molar-refractivity contribution is 4.93. The Morgan fingerprint density at radius 2 is 1.94 bits per heavy atom. The summed E-state index contributed by atoms with van der Waals surface area (Å²) in [5.41, 5.74) is -0.0759. The minimum absolute atomic E-state index is 0.0759. The number of rotatable bonds is 6. The monoisotopic (exact) mass is 254 g/mol. The van der Waals surface area contributed by atoms with Crippen LogP contribution in [0.3, 0.4) is 0 Å². The second kappa shape index (κ2) is 5.89. The minimum atomic E-state index is -0.0759. The summed E-state index contributed by atoms with van der Waals surface area (Å²) in [5, 5.41) is 13.2. The van der Waals surface area contributed by atoms with E-state index in [4.69, 9.17) is 0 Å². The van der Waals surface area contributed by atoms with Crippen molar-refractivity contribution < 1.29 is 5.11 Å². The molecule has 1 heterocycles. The summed E-state index contributed by atoms with van der Waals surface area (Å²) >= 11 is 0. The van der Waals surface area contributed by atoms with E-state index in [0.717, 1.165) is 24.8 Å². The highest BCUT2D eigenvalue weighted by atomic mass is 16.3. The van der Waals surface area contributed by atoms with Crippen molar-refractivity contribution in [3.05, 3.63) is 0 Å². The fraction of sp³-hybridized carbons (Fsp3) is 1.00. The summed E-state index contributed by atoms with van der Waals surface area (Å²) in [4.78, 5) is 2.58. The fourth-order valence-electron chi connectivity index (χ4n) is 2.87. The molecule has 2 rings (SSSR count). The van der Waals surface area contributed by atoms with Crippen LogP contribution in [0.5, 0.6) is 0 Å². The van der Waals surface area contributed by atoms with Gasteiger partial charge in [0.1, 0.15) is 0 Å². The van der Waals surface area contributed by atoms with E-state index < -0.39 is 0 Å². The van der Waals surface area contributed by atoms with Crippen LogP contribution >= 0.6 is 0 Å². The van der Waals surface area contributed by atoms with Crippen molar-refractivity contribution in [2.24, 2.45) is 11.8 Å². The van der Waals surface area contributed by atoms with Crippen molar-refractivity contribution in [2.75, 3.05) is 26.2 Å². The molecule has 0 spiro atoms. The van der Waals surface area contributed by atoms with E-state index in [2.05, 4.69) is 31.0 Å². The Hall–Kier alpha value is -0.120. The molecule has 0 bridgehead atoms. The van der Waals surface area contributed by atoms with Crippen LogP contribution in [0.2, 0.25) is 0 Å². The maximum atomic E-state index is 9.60. The van der Waals surface area contributed by atoms with E-state index >= 15 is 0 Å². The lowest BCUT2D eigenvalue weighted by Gasteiger charge is -2.38. The molecule has 0 aromatic carbocycles. The first-order valence-corrected chi connectivity index (χ1v) is 7.63. The predicted octanol–water partition coefficient (Wildman–Crippen LogP) is 1.86. The van der Waals surface area contributed by atoms with E-state index in [9.17, 15) is 5.11 Å². The van der Waals surface area contributed by atoms with Gasteiger partial charge in [0.05, 0.1) is 6.61 Å². The van der Waals surface area contributed by atoms with E-state index in [0.29, 0.717) is 6.04 Å². The molecule has 106 valence electrons. The van der Waals surface area contributed by atoms with Gasteiger partial charge < -0.3 is 15.3 Å². The highest BCUT2D eigenvalue weighted by Gasteiger charge is 2.32. The zero-order valence-corrected chi connectivity index (χ0v) is 12.3. The largest absolute Gasteiger partial charge is 0.394 e. The van der Waals surface area contributed by atoms with Crippen LogP contribution in [0.4, 0.5) is 0 Å². The third-order valence-corrected chi connectivity index (χ3v) is 4.88. The Balaban J connectivity index is 1.75. The second-order valence-electron chi connectivity index (χ2n) is 6.93. The van der Waals surface area contributed by atoms with Crippen molar-refractivity contribution >= 4 is 0 Å². The van der Waals surface area contributed by atoms with Gasteiger partial charge in [-0.2, -0.15) is 0 Å². The average Bonchev–Trinajstić information content (AvgIpc) is 3.15. The van der Waals surface area contributed by atoms with Crippen molar-refractivity contribution in [1.29, 1.82) is 0 Å². The van der Waals surface area contributed by atoms with E-state index in [1.165, 1.54) is 32.4 Å². The van der Waals surface area contributed by atoms with Gasteiger partial charge in [-0.3, -0.25) is 0 Å². The summed E-state index contributed by atoms with van der Waals surface area (Å²) in [7, 11) is 0. The van der Waals surface area contributed by atoms with Gasteiger partial charge in [-0.25, -0.2) is 0 Å². The van der Waals surface area contributed by atoms with Gasteiger partial charge in [0.25, 0.3) is 0 Å². The quantitative estimate of drug-likeness (QED) is 0.759. The van der Waals surface area contributed by atoms with Crippen LogP contribution in [0.1, 0.15) is 46.5 Å². The number of aliphatic hydroxyl groups is 1. The molecule has 1 saturated heterocycles. The van der Waals surface area contributed by atoms with Crippen molar-refractivity contribution in [3.63, 3.8) is 0 Å². The Kier molecular flexibility index (Phi) is 4.68. The maximum absolute atomic E-state index is 9.60. The van der Waals surface area contributed by atoms with Crippen LogP contribution in [-0.4, -0.2) is 47.8 Å². The number of piperidine rings is 1. The van der Waals surface area contributed by atoms with Crippen molar-refractivity contribution in [3.8, 4) is 0 Å². The molecule has 3 nitrogen and oxygen atoms in total. The smallest absolute Gasteiger partial charge is 0.0611 e. The molecule has 3 heteroatoms. The summed E-state index contributed by atoms with van der Waals surface area (Å²) in [6, 6.07) is 0.669. The Morgan fingerprint density at radius 1 is 1.22 bits per heavy atom. The van der Waals surface area contributed by atoms with Gasteiger partial charge in [-0.15, -0.1) is 0 Å². The highest BCUT2D eigenvalue weighted by Crippen LogP contribution is 2.26. The van der Waals surface area contributed by atoms with Gasteiger partial charge in [0, 0.05) is 18.1 Å². The molecular formula is C15H30N2O. The third kappa shape index (κ3) is 3.94. The van der Waals surface area contributed by atoms with Gasteiger partial charge in [-0.05, 0) is 57.5 Å². The summed E-state index contributed by atoms with van der Waals surface area (Å²) < 4.78 is 0. The van der Waals surface area contributed by atoms with Crippen molar-refractivity contribution in [1.82, 2.24) is 10.2 Å². The average molecular weight is 254 g/mol. The SMILES string of the molecule is CC1CCN(CCC(C)(CO)NC2CC2)CC1C. The molecule has 2 fully saturated rings. The molecular weight excluding hydrogens is 224 g/mol. The number of hydrogen-bond donors (Lipinski definition) is 2. The van der Waals surface area contributed by atoms with Crippen LogP contribution in [0.25, 0.3) is 0 Å². The van der Waals surface area contributed by atoms with Crippen LogP contribution < -0.4 is 5.32 Å². The lowest BCUT2D eigenvalue weighted by Crippen LogP contribution is -2.50. The molecule has 0 aromatic rings. The molecule has 18 heavy (non-hydrogen) atoms. The number of nitrogens with one attached hydrogen (secondary N) is 1. The van der Waals surface area contributed by atoms with Crippen LogP contribution in [-0.2, 0) is 0 Å². The van der Waals surface area contributed by atoms with Gasteiger partial charge in [0.2, 0.25) is 0 Å². The number of aliphatic hydroxyl groups excluding tert-OH is 1. The van der Waals surface area contributed by atoms with Crippen LogP contribution in [0.15, 0.2) is 0 Å². The minimum Gasteiger partial charge on any atom is -0.394 e. The third-order valence-electron chi connectivity index (χ3n) is 4.88. The summed E-state index contributed by atoms with van der Waals surface area (Å²) in [5.74, 6) is 1.69. The molecule has 2 aliphatic rings. The summed E-state index contributed by atoms with van der Waals surface area (Å²) in [6.07, 6.45) is 4.95. The fourth-order valence-corrected chi connectivity index (χ4v) is 2.87. The predicted molar refractivity (Wildman–Crippen MR) is 75.7 cm³/mol. The molecule has 1 saturated carbocycles. The molecule has 3 unspecified atom stereocenters. The lowest BCUT2D eigenvalue weighted by atomic mass is 9.88. The molecule has 2 N–H and O–H groups in total. The molecule has 0 aromatic heterocycles.